The van der Waals surface area contributed by atoms with Crippen LogP contribution in [0.25, 0.3) is 22.2 Å². The number of halogens is 1. The summed E-state index contributed by atoms with van der Waals surface area (Å²) in [7, 11) is 0. The fourth-order valence-electron chi connectivity index (χ4n) is 2.94. The summed E-state index contributed by atoms with van der Waals surface area (Å²) in [6, 6.07) is 12.0. The van der Waals surface area contributed by atoms with Crippen molar-refractivity contribution in [2.45, 2.75) is 20.3 Å². The topological polar surface area (TPSA) is 55.1 Å². The van der Waals surface area contributed by atoms with E-state index in [9.17, 15) is 9.18 Å². The van der Waals surface area contributed by atoms with Crippen molar-refractivity contribution >= 4 is 33.3 Å². The standard InChI is InChI=1S/C21H17FN2O2S/c1-3-13-4-9-18-16(10-13)12(2)19(26-18)20(25)24-21-23-17(11-27-21)14-5-7-15(22)8-6-14/h4-11H,3H2,1-2H3,(H,23,24,25). The lowest BCUT2D eigenvalue weighted by Crippen LogP contribution is -2.11. The maximum atomic E-state index is 13.1. The van der Waals surface area contributed by atoms with Crippen LogP contribution in [-0.2, 0) is 6.42 Å². The van der Waals surface area contributed by atoms with Crippen LogP contribution in [0.4, 0.5) is 9.52 Å². The molecule has 1 N–H and O–H groups in total. The van der Waals surface area contributed by atoms with Crippen LogP contribution < -0.4 is 5.32 Å². The van der Waals surface area contributed by atoms with Crippen LogP contribution in [-0.4, -0.2) is 10.9 Å². The van der Waals surface area contributed by atoms with E-state index in [0.717, 1.165) is 22.9 Å². The Labute approximate surface area is 159 Å². The van der Waals surface area contributed by atoms with E-state index in [0.29, 0.717) is 16.4 Å². The minimum atomic E-state index is -0.332. The molecular formula is C21H17FN2O2S. The van der Waals surface area contributed by atoms with E-state index in [4.69, 9.17) is 4.42 Å². The molecule has 4 nitrogen and oxygen atoms in total. The van der Waals surface area contributed by atoms with Crippen molar-refractivity contribution in [3.63, 3.8) is 0 Å². The third-order valence-corrected chi connectivity index (χ3v) is 5.24. The number of amides is 1. The van der Waals surface area contributed by atoms with Gasteiger partial charge in [0.2, 0.25) is 0 Å². The molecular weight excluding hydrogens is 363 g/mol. The van der Waals surface area contributed by atoms with Crippen LogP contribution in [0.1, 0.15) is 28.6 Å². The average Bonchev–Trinajstić information content (AvgIpc) is 3.27. The highest BCUT2D eigenvalue weighted by Crippen LogP contribution is 2.29. The Morgan fingerprint density at radius 2 is 2.00 bits per heavy atom. The maximum absolute atomic E-state index is 13.1. The van der Waals surface area contributed by atoms with Crippen LogP contribution in [0, 0.1) is 12.7 Å². The van der Waals surface area contributed by atoms with E-state index >= 15 is 0 Å². The number of benzene rings is 2. The highest BCUT2D eigenvalue weighted by molar-refractivity contribution is 7.14. The van der Waals surface area contributed by atoms with Crippen molar-refractivity contribution in [2.24, 2.45) is 0 Å². The van der Waals surface area contributed by atoms with Crippen LogP contribution in [0.5, 0.6) is 0 Å². The van der Waals surface area contributed by atoms with Gasteiger partial charge in [0, 0.05) is 21.9 Å². The first kappa shape index (κ1) is 17.4. The molecule has 0 aliphatic heterocycles. The van der Waals surface area contributed by atoms with Gasteiger partial charge >= 0.3 is 0 Å². The zero-order valence-corrected chi connectivity index (χ0v) is 15.7. The van der Waals surface area contributed by atoms with Crippen LogP contribution in [0.2, 0.25) is 0 Å². The van der Waals surface area contributed by atoms with Gasteiger partial charge in [-0.15, -0.1) is 11.3 Å². The molecule has 0 radical (unpaired) electrons. The number of anilines is 1. The molecule has 1 amide bonds. The van der Waals surface area contributed by atoms with Gasteiger partial charge < -0.3 is 4.42 Å². The summed E-state index contributed by atoms with van der Waals surface area (Å²) < 4.78 is 18.8. The van der Waals surface area contributed by atoms with Gasteiger partial charge in [0.25, 0.3) is 5.91 Å². The first-order valence-electron chi connectivity index (χ1n) is 8.60. The molecule has 0 saturated heterocycles. The van der Waals surface area contributed by atoms with E-state index in [1.165, 1.54) is 29.0 Å². The predicted molar refractivity (Wildman–Crippen MR) is 106 cm³/mol. The highest BCUT2D eigenvalue weighted by atomic mass is 32.1. The lowest BCUT2D eigenvalue weighted by Gasteiger charge is -2.00. The molecule has 0 fully saturated rings. The van der Waals surface area contributed by atoms with Gasteiger partial charge in [-0.1, -0.05) is 13.0 Å². The summed E-state index contributed by atoms with van der Waals surface area (Å²) >= 11 is 1.31. The van der Waals surface area contributed by atoms with Crippen LogP contribution in [0.3, 0.4) is 0 Å². The largest absolute Gasteiger partial charge is 0.451 e. The van der Waals surface area contributed by atoms with Crippen LogP contribution >= 0.6 is 11.3 Å². The zero-order valence-electron chi connectivity index (χ0n) is 14.9. The number of carbonyl (C=O) groups excluding carboxylic acids is 1. The van der Waals surface area contributed by atoms with E-state index < -0.39 is 0 Å². The molecule has 0 bridgehead atoms. The number of aryl methyl sites for hydroxylation is 2. The first-order chi connectivity index (χ1) is 13.0. The first-order valence-corrected chi connectivity index (χ1v) is 9.48. The summed E-state index contributed by atoms with van der Waals surface area (Å²) in [4.78, 5) is 17.1. The van der Waals surface area contributed by atoms with E-state index in [2.05, 4.69) is 23.3 Å². The molecule has 0 saturated carbocycles. The fourth-order valence-corrected chi connectivity index (χ4v) is 3.66. The van der Waals surface area contributed by atoms with Crippen molar-refractivity contribution in [1.29, 1.82) is 0 Å². The normalized spacial score (nSPS) is 11.1. The van der Waals surface area contributed by atoms with Crippen molar-refractivity contribution in [3.8, 4) is 11.3 Å². The van der Waals surface area contributed by atoms with Gasteiger partial charge in [-0.25, -0.2) is 9.37 Å². The Hall–Kier alpha value is -2.99. The smallest absolute Gasteiger partial charge is 0.293 e. The van der Waals surface area contributed by atoms with Crippen molar-refractivity contribution < 1.29 is 13.6 Å². The lowest BCUT2D eigenvalue weighted by atomic mass is 10.1. The van der Waals surface area contributed by atoms with Gasteiger partial charge in [-0.05, 0) is 55.3 Å². The van der Waals surface area contributed by atoms with E-state index in [1.54, 1.807) is 12.1 Å². The van der Waals surface area contributed by atoms with Gasteiger partial charge in [0.1, 0.15) is 11.4 Å². The second-order valence-corrected chi connectivity index (χ2v) is 7.10. The van der Waals surface area contributed by atoms with Gasteiger partial charge in [0.15, 0.2) is 10.9 Å². The molecule has 2 heterocycles. The second kappa shape index (κ2) is 6.96. The second-order valence-electron chi connectivity index (χ2n) is 6.24. The zero-order chi connectivity index (χ0) is 19.0. The molecule has 136 valence electrons. The number of hydrogen-bond acceptors (Lipinski definition) is 4. The molecule has 2 aromatic heterocycles. The lowest BCUT2D eigenvalue weighted by molar-refractivity contribution is 0.0998. The SMILES string of the molecule is CCc1ccc2oc(C(=O)Nc3nc(-c4ccc(F)cc4)cs3)c(C)c2c1. The van der Waals surface area contributed by atoms with Gasteiger partial charge in [-0.2, -0.15) is 0 Å². The Morgan fingerprint density at radius 1 is 1.22 bits per heavy atom. The van der Waals surface area contributed by atoms with Gasteiger partial charge in [-0.3, -0.25) is 10.1 Å². The number of carbonyl (C=O) groups is 1. The minimum Gasteiger partial charge on any atom is -0.451 e. The van der Waals surface area contributed by atoms with E-state index in [1.807, 2.05) is 24.4 Å². The third-order valence-electron chi connectivity index (χ3n) is 4.48. The molecule has 0 atom stereocenters. The predicted octanol–water partition coefficient (Wildman–Crippen LogP) is 5.82. The Kier molecular flexibility index (Phi) is 4.49. The molecule has 4 rings (SSSR count). The van der Waals surface area contributed by atoms with Crippen molar-refractivity contribution in [1.82, 2.24) is 4.98 Å². The summed E-state index contributed by atoms with van der Waals surface area (Å²) in [6.07, 6.45) is 0.924. The molecule has 0 aliphatic rings. The van der Waals surface area contributed by atoms with Crippen LogP contribution in [0.15, 0.2) is 52.3 Å². The number of aromatic nitrogens is 1. The van der Waals surface area contributed by atoms with Crippen molar-refractivity contribution in [2.75, 3.05) is 5.32 Å². The number of hydrogen-bond donors (Lipinski definition) is 1. The number of thiazole rings is 1. The monoisotopic (exact) mass is 380 g/mol. The molecule has 0 unspecified atom stereocenters. The number of furan rings is 1. The summed E-state index contributed by atoms with van der Waals surface area (Å²) in [5, 5.41) is 6.03. The van der Waals surface area contributed by atoms with E-state index in [-0.39, 0.29) is 17.5 Å². The summed E-state index contributed by atoms with van der Waals surface area (Å²) in [5.41, 5.74) is 4.18. The molecule has 27 heavy (non-hydrogen) atoms. The van der Waals surface area contributed by atoms with Crippen molar-refractivity contribution in [3.05, 3.63) is 70.5 Å². The average molecular weight is 380 g/mol. The minimum absolute atomic E-state index is 0.289. The fraction of sp³-hybridized carbons (Fsp3) is 0.143. The number of fused-ring (bicyclic) bond motifs is 1. The molecule has 2 aromatic carbocycles. The molecule has 4 aromatic rings. The molecule has 6 heteroatoms. The Balaban J connectivity index is 1.58. The third kappa shape index (κ3) is 3.36. The highest BCUT2D eigenvalue weighted by Gasteiger charge is 2.19. The maximum Gasteiger partial charge on any atom is 0.293 e. The summed E-state index contributed by atoms with van der Waals surface area (Å²) in [6.45, 7) is 3.97. The number of nitrogens with zero attached hydrogens (tertiary/aromatic N) is 1. The summed E-state index contributed by atoms with van der Waals surface area (Å²) in [5.74, 6) is -0.340. The number of nitrogens with one attached hydrogen (secondary N) is 1. The Morgan fingerprint density at radius 3 is 2.74 bits per heavy atom. The van der Waals surface area contributed by atoms with Gasteiger partial charge in [0.05, 0.1) is 5.69 Å². The molecule has 0 aliphatic carbocycles. The Bertz CT molecular complexity index is 1130. The number of rotatable bonds is 4. The quantitative estimate of drug-likeness (QED) is 0.485. The molecule has 0 spiro atoms.